The lowest BCUT2D eigenvalue weighted by Gasteiger charge is -2.02. The average Bonchev–Trinajstić information content (AvgIpc) is 3.24. The number of carbonyl (C=O) groups is 1. The van der Waals surface area contributed by atoms with Crippen LogP contribution in [0.5, 0.6) is 0 Å². The number of aryl methyl sites for hydroxylation is 1. The molecular weight excluding hydrogens is 340 g/mol. The topological polar surface area (TPSA) is 77.5 Å². The van der Waals surface area contributed by atoms with Gasteiger partial charge < -0.3 is 18.9 Å². The van der Waals surface area contributed by atoms with Crippen molar-refractivity contribution in [3.63, 3.8) is 0 Å². The van der Waals surface area contributed by atoms with Crippen LogP contribution in [0.2, 0.25) is 0 Å². The molecule has 0 aliphatic carbocycles. The molecule has 7 heteroatoms. The summed E-state index contributed by atoms with van der Waals surface area (Å²) in [6.45, 7) is 3.17. The molecule has 3 aromatic rings. The summed E-state index contributed by atoms with van der Waals surface area (Å²) in [5.74, 6) is 1.33. The fourth-order valence-electron chi connectivity index (χ4n) is 2.34. The Balaban J connectivity index is 1.55. The first-order valence-electron chi connectivity index (χ1n) is 8.02. The Morgan fingerprint density at radius 3 is 2.96 bits per heavy atom. The number of benzene rings is 1. The van der Waals surface area contributed by atoms with E-state index >= 15 is 0 Å². The number of hydrogen-bond acceptors (Lipinski definition) is 6. The molecular formula is C18H20N2O4S. The quantitative estimate of drug-likeness (QED) is 0.486. The number of nitrogens with one attached hydrogen (secondary N) is 1. The van der Waals surface area contributed by atoms with Crippen molar-refractivity contribution in [2.75, 3.05) is 20.3 Å². The number of aromatic nitrogens is 1. The maximum absolute atomic E-state index is 12.0. The number of furan rings is 1. The van der Waals surface area contributed by atoms with Crippen LogP contribution in [-0.4, -0.2) is 31.2 Å². The first kappa shape index (κ1) is 17.6. The fraction of sp³-hybridized carbons (Fsp3) is 0.333. The average molecular weight is 360 g/mol. The van der Waals surface area contributed by atoms with Crippen LogP contribution in [0.4, 0.5) is 0 Å². The fourth-order valence-corrected chi connectivity index (χ4v) is 3.07. The number of rotatable bonds is 8. The SMILES string of the molecule is COCCCNC(=O)c1ccc(CSc2nc3c(C)cccc3o2)o1. The molecule has 1 aromatic carbocycles. The van der Waals surface area contributed by atoms with E-state index in [1.807, 2.05) is 25.1 Å². The highest BCUT2D eigenvalue weighted by atomic mass is 32.2. The van der Waals surface area contributed by atoms with Crippen molar-refractivity contribution in [1.82, 2.24) is 10.3 Å². The zero-order chi connectivity index (χ0) is 17.6. The Hall–Kier alpha value is -2.25. The number of amides is 1. The van der Waals surface area contributed by atoms with Gasteiger partial charge in [-0.2, -0.15) is 0 Å². The van der Waals surface area contributed by atoms with Crippen LogP contribution < -0.4 is 5.32 Å². The van der Waals surface area contributed by atoms with Gasteiger partial charge in [-0.3, -0.25) is 4.79 Å². The summed E-state index contributed by atoms with van der Waals surface area (Å²) in [4.78, 5) is 16.5. The number of thioether (sulfide) groups is 1. The Kier molecular flexibility index (Phi) is 5.78. The molecule has 0 atom stereocenters. The Labute approximate surface area is 149 Å². The summed E-state index contributed by atoms with van der Waals surface area (Å²) in [5.41, 5.74) is 2.73. The Morgan fingerprint density at radius 1 is 1.28 bits per heavy atom. The smallest absolute Gasteiger partial charge is 0.286 e. The lowest BCUT2D eigenvalue weighted by atomic mass is 10.2. The Morgan fingerprint density at radius 2 is 2.16 bits per heavy atom. The number of hydrogen-bond donors (Lipinski definition) is 1. The van der Waals surface area contributed by atoms with Gasteiger partial charge in [0.15, 0.2) is 11.3 Å². The van der Waals surface area contributed by atoms with E-state index < -0.39 is 0 Å². The molecule has 3 rings (SSSR count). The summed E-state index contributed by atoms with van der Waals surface area (Å²) >= 11 is 1.44. The molecule has 0 bridgehead atoms. The van der Waals surface area contributed by atoms with E-state index in [9.17, 15) is 4.79 Å². The molecule has 2 aromatic heterocycles. The van der Waals surface area contributed by atoms with Gasteiger partial charge in [0.25, 0.3) is 11.1 Å². The van der Waals surface area contributed by atoms with Crippen molar-refractivity contribution in [1.29, 1.82) is 0 Å². The molecule has 1 N–H and O–H groups in total. The van der Waals surface area contributed by atoms with Crippen molar-refractivity contribution in [2.45, 2.75) is 24.3 Å². The largest absolute Gasteiger partial charge is 0.455 e. The molecule has 0 fully saturated rings. The van der Waals surface area contributed by atoms with Gasteiger partial charge in [-0.15, -0.1) is 0 Å². The predicted octanol–water partition coefficient (Wildman–Crippen LogP) is 3.79. The van der Waals surface area contributed by atoms with E-state index in [1.165, 1.54) is 11.8 Å². The summed E-state index contributed by atoms with van der Waals surface area (Å²) in [6, 6.07) is 9.33. The predicted molar refractivity (Wildman–Crippen MR) is 95.8 cm³/mol. The third-order valence-corrected chi connectivity index (χ3v) is 4.49. The number of carbonyl (C=O) groups excluding carboxylic acids is 1. The van der Waals surface area contributed by atoms with E-state index in [1.54, 1.807) is 19.2 Å². The number of para-hydroxylation sites is 1. The molecule has 0 saturated heterocycles. The second kappa shape index (κ2) is 8.22. The standard InChI is InChI=1S/C18H20N2O4S/c1-12-5-3-6-14-16(12)20-18(24-14)25-11-13-7-8-15(23-13)17(21)19-9-4-10-22-2/h3,5-8H,4,9-11H2,1-2H3,(H,19,21). The monoisotopic (exact) mass is 360 g/mol. The van der Waals surface area contributed by atoms with Crippen LogP contribution in [0.25, 0.3) is 11.1 Å². The van der Waals surface area contributed by atoms with Crippen LogP contribution in [0, 0.1) is 6.92 Å². The van der Waals surface area contributed by atoms with Crippen LogP contribution >= 0.6 is 11.8 Å². The third-order valence-electron chi connectivity index (χ3n) is 3.64. The van der Waals surface area contributed by atoms with Crippen LogP contribution in [0.3, 0.4) is 0 Å². The molecule has 1 amide bonds. The van der Waals surface area contributed by atoms with Crippen molar-refractivity contribution in [3.8, 4) is 0 Å². The molecule has 0 unspecified atom stereocenters. The first-order chi connectivity index (χ1) is 12.2. The maximum Gasteiger partial charge on any atom is 0.286 e. The zero-order valence-electron chi connectivity index (χ0n) is 14.2. The van der Waals surface area contributed by atoms with Gasteiger partial charge in [-0.1, -0.05) is 23.9 Å². The number of methoxy groups -OCH3 is 1. The molecule has 6 nitrogen and oxygen atoms in total. The number of fused-ring (bicyclic) bond motifs is 1. The highest BCUT2D eigenvalue weighted by Gasteiger charge is 2.13. The van der Waals surface area contributed by atoms with Gasteiger partial charge in [-0.05, 0) is 37.1 Å². The second-order valence-electron chi connectivity index (χ2n) is 5.56. The van der Waals surface area contributed by atoms with E-state index in [4.69, 9.17) is 13.6 Å². The number of ether oxygens (including phenoxy) is 1. The first-order valence-corrected chi connectivity index (χ1v) is 9.00. The maximum atomic E-state index is 12.0. The van der Waals surface area contributed by atoms with E-state index in [-0.39, 0.29) is 5.91 Å². The summed E-state index contributed by atoms with van der Waals surface area (Å²) in [6.07, 6.45) is 0.767. The molecule has 2 heterocycles. The van der Waals surface area contributed by atoms with Gasteiger partial charge in [0.1, 0.15) is 11.3 Å². The minimum atomic E-state index is -0.218. The molecule has 0 aliphatic rings. The number of nitrogens with zero attached hydrogens (tertiary/aromatic N) is 1. The van der Waals surface area contributed by atoms with E-state index in [0.29, 0.717) is 35.6 Å². The molecule has 25 heavy (non-hydrogen) atoms. The lowest BCUT2D eigenvalue weighted by Crippen LogP contribution is -2.24. The normalized spacial score (nSPS) is 11.1. The lowest BCUT2D eigenvalue weighted by molar-refractivity contribution is 0.0919. The minimum Gasteiger partial charge on any atom is -0.455 e. The summed E-state index contributed by atoms with van der Waals surface area (Å²) in [5, 5.41) is 3.38. The van der Waals surface area contributed by atoms with Crippen molar-refractivity contribution < 1.29 is 18.4 Å². The highest BCUT2D eigenvalue weighted by Crippen LogP contribution is 2.28. The van der Waals surface area contributed by atoms with Gasteiger partial charge in [0.05, 0.1) is 5.75 Å². The van der Waals surface area contributed by atoms with Gasteiger partial charge in [0.2, 0.25) is 0 Å². The second-order valence-corrected chi connectivity index (χ2v) is 6.48. The molecule has 0 radical (unpaired) electrons. The summed E-state index contributed by atoms with van der Waals surface area (Å²) < 4.78 is 16.3. The van der Waals surface area contributed by atoms with Gasteiger partial charge in [-0.25, -0.2) is 4.98 Å². The van der Waals surface area contributed by atoms with Crippen molar-refractivity contribution in [2.24, 2.45) is 0 Å². The number of oxazole rings is 1. The van der Waals surface area contributed by atoms with Crippen LogP contribution in [0.15, 0.2) is 44.4 Å². The third kappa shape index (κ3) is 4.43. The Bertz CT molecular complexity index is 856. The van der Waals surface area contributed by atoms with E-state index in [2.05, 4.69) is 10.3 Å². The molecule has 0 saturated carbocycles. The summed E-state index contributed by atoms with van der Waals surface area (Å²) in [7, 11) is 1.64. The molecule has 0 spiro atoms. The van der Waals surface area contributed by atoms with Gasteiger partial charge in [0, 0.05) is 20.3 Å². The van der Waals surface area contributed by atoms with Crippen molar-refractivity contribution in [3.05, 3.63) is 47.4 Å². The van der Waals surface area contributed by atoms with Crippen LogP contribution in [0.1, 0.15) is 28.3 Å². The zero-order valence-corrected chi connectivity index (χ0v) is 15.0. The minimum absolute atomic E-state index is 0.218. The molecule has 0 aliphatic heterocycles. The highest BCUT2D eigenvalue weighted by molar-refractivity contribution is 7.98. The molecule has 132 valence electrons. The van der Waals surface area contributed by atoms with Crippen molar-refractivity contribution >= 4 is 28.8 Å². The van der Waals surface area contributed by atoms with E-state index in [0.717, 1.165) is 23.1 Å². The van der Waals surface area contributed by atoms with Gasteiger partial charge >= 0.3 is 0 Å². The van der Waals surface area contributed by atoms with Crippen LogP contribution in [-0.2, 0) is 10.5 Å².